The zero-order valence-corrected chi connectivity index (χ0v) is 10.9. The molecule has 0 aliphatic rings. The molecule has 1 aromatic rings. The van der Waals surface area contributed by atoms with Crippen molar-refractivity contribution in [2.24, 2.45) is 5.92 Å². The highest BCUT2D eigenvalue weighted by atomic mass is 35.5. The van der Waals surface area contributed by atoms with Crippen LogP contribution < -0.4 is 5.32 Å². The van der Waals surface area contributed by atoms with Gasteiger partial charge in [0, 0.05) is 6.20 Å². The Bertz CT molecular complexity index is 483. The lowest BCUT2D eigenvalue weighted by molar-refractivity contribution is -0.138. The van der Waals surface area contributed by atoms with Crippen LogP contribution in [0, 0.1) is 17.2 Å². The Balaban J connectivity index is 2.88. The summed E-state index contributed by atoms with van der Waals surface area (Å²) >= 11 is 5.92. The van der Waals surface area contributed by atoms with Gasteiger partial charge in [0.25, 0.3) is 0 Å². The highest BCUT2D eigenvalue weighted by molar-refractivity contribution is 6.33. The van der Waals surface area contributed by atoms with Gasteiger partial charge in [-0.05, 0) is 18.4 Å². The minimum Gasteiger partial charge on any atom is -0.480 e. The molecule has 1 atom stereocenters. The van der Waals surface area contributed by atoms with Crippen molar-refractivity contribution >= 4 is 23.4 Å². The molecule has 18 heavy (non-hydrogen) atoms. The lowest BCUT2D eigenvalue weighted by Gasteiger charge is -2.17. The minimum absolute atomic E-state index is 0.232. The molecule has 0 spiro atoms. The van der Waals surface area contributed by atoms with Crippen LogP contribution in [0.25, 0.3) is 0 Å². The third kappa shape index (κ3) is 3.90. The molecule has 0 saturated heterocycles. The van der Waals surface area contributed by atoms with Gasteiger partial charge < -0.3 is 10.4 Å². The summed E-state index contributed by atoms with van der Waals surface area (Å²) in [7, 11) is 0. The number of nitrogens with one attached hydrogen (secondary N) is 1. The molecule has 0 saturated carbocycles. The molecule has 2 N–H and O–H groups in total. The highest BCUT2D eigenvalue weighted by Gasteiger charge is 2.20. The largest absolute Gasteiger partial charge is 0.480 e. The number of nitriles is 1. The molecular formula is C12H14ClN3O2. The Hall–Kier alpha value is -1.80. The van der Waals surface area contributed by atoms with Crippen molar-refractivity contribution in [2.75, 3.05) is 5.32 Å². The number of hydrogen-bond donors (Lipinski definition) is 2. The van der Waals surface area contributed by atoms with Gasteiger partial charge in [-0.25, -0.2) is 9.78 Å². The van der Waals surface area contributed by atoms with E-state index in [1.54, 1.807) is 0 Å². The smallest absolute Gasteiger partial charge is 0.326 e. The molecule has 0 unspecified atom stereocenters. The Morgan fingerprint density at radius 3 is 2.78 bits per heavy atom. The second-order valence-corrected chi connectivity index (χ2v) is 4.74. The third-order valence-electron chi connectivity index (χ3n) is 2.29. The molecule has 1 rings (SSSR count). The SMILES string of the molecule is CC(C)C[C@@H](Nc1ncc(C#N)cc1Cl)C(=O)O. The summed E-state index contributed by atoms with van der Waals surface area (Å²) in [5.41, 5.74) is 0.335. The molecule has 0 fully saturated rings. The molecule has 1 aromatic heterocycles. The van der Waals surface area contributed by atoms with Gasteiger partial charge >= 0.3 is 5.97 Å². The fourth-order valence-corrected chi connectivity index (χ4v) is 1.68. The summed E-state index contributed by atoms with van der Waals surface area (Å²) in [5.74, 6) is -0.439. The van der Waals surface area contributed by atoms with Crippen LogP contribution in [0.4, 0.5) is 5.82 Å². The first-order valence-corrected chi connectivity index (χ1v) is 5.86. The van der Waals surface area contributed by atoms with E-state index < -0.39 is 12.0 Å². The number of pyridine rings is 1. The van der Waals surface area contributed by atoms with E-state index in [4.69, 9.17) is 22.0 Å². The number of nitrogens with zero attached hydrogens (tertiary/aromatic N) is 2. The van der Waals surface area contributed by atoms with Crippen LogP contribution in [0.3, 0.4) is 0 Å². The first-order valence-electron chi connectivity index (χ1n) is 5.49. The van der Waals surface area contributed by atoms with Gasteiger partial charge in [0.1, 0.15) is 17.9 Å². The van der Waals surface area contributed by atoms with Gasteiger partial charge in [0.15, 0.2) is 0 Å². The number of hydrogen-bond acceptors (Lipinski definition) is 4. The molecule has 0 radical (unpaired) electrons. The topological polar surface area (TPSA) is 86.0 Å². The van der Waals surface area contributed by atoms with E-state index in [1.165, 1.54) is 12.3 Å². The first-order chi connectivity index (χ1) is 8.43. The fraction of sp³-hybridized carbons (Fsp3) is 0.417. The van der Waals surface area contributed by atoms with Crippen molar-refractivity contribution in [1.29, 1.82) is 5.26 Å². The van der Waals surface area contributed by atoms with Crippen LogP contribution in [-0.2, 0) is 4.79 Å². The molecule has 96 valence electrons. The Morgan fingerprint density at radius 1 is 1.67 bits per heavy atom. The van der Waals surface area contributed by atoms with Crippen molar-refractivity contribution in [3.63, 3.8) is 0 Å². The van der Waals surface area contributed by atoms with E-state index >= 15 is 0 Å². The van der Waals surface area contributed by atoms with Crippen LogP contribution in [0.2, 0.25) is 5.02 Å². The average Bonchev–Trinajstić information content (AvgIpc) is 2.29. The van der Waals surface area contributed by atoms with E-state index in [0.717, 1.165) is 0 Å². The van der Waals surface area contributed by atoms with E-state index in [2.05, 4.69) is 10.3 Å². The number of rotatable bonds is 5. The summed E-state index contributed by atoms with van der Waals surface area (Å²) in [6.07, 6.45) is 1.82. The maximum Gasteiger partial charge on any atom is 0.326 e. The first kappa shape index (κ1) is 14.3. The van der Waals surface area contributed by atoms with Crippen molar-refractivity contribution in [1.82, 2.24) is 4.98 Å². The van der Waals surface area contributed by atoms with Gasteiger partial charge in [0.05, 0.1) is 10.6 Å². The zero-order valence-electron chi connectivity index (χ0n) is 10.1. The zero-order chi connectivity index (χ0) is 13.7. The standard InChI is InChI=1S/C12H14ClN3O2/c1-7(2)3-10(12(17)18)16-11-9(13)4-8(5-14)6-15-11/h4,6-7,10H,3H2,1-2H3,(H,15,16)(H,17,18)/t10-/m1/s1. The maximum absolute atomic E-state index is 11.1. The van der Waals surface area contributed by atoms with Crippen molar-refractivity contribution in [3.05, 3.63) is 22.8 Å². The van der Waals surface area contributed by atoms with Gasteiger partial charge in [0.2, 0.25) is 0 Å². The van der Waals surface area contributed by atoms with E-state index in [9.17, 15) is 4.79 Å². The lowest BCUT2D eigenvalue weighted by Crippen LogP contribution is -2.31. The lowest BCUT2D eigenvalue weighted by atomic mass is 10.0. The number of aliphatic carboxylic acids is 1. The van der Waals surface area contributed by atoms with Crippen molar-refractivity contribution < 1.29 is 9.90 Å². The molecular weight excluding hydrogens is 254 g/mol. The molecule has 0 aliphatic heterocycles. The van der Waals surface area contributed by atoms with E-state index in [1.807, 2.05) is 19.9 Å². The Kier molecular flexibility index (Phi) is 4.93. The van der Waals surface area contributed by atoms with E-state index in [-0.39, 0.29) is 16.8 Å². The molecule has 1 heterocycles. The number of halogens is 1. The predicted octanol–water partition coefficient (Wildman–Crippen LogP) is 2.52. The monoisotopic (exact) mass is 267 g/mol. The van der Waals surface area contributed by atoms with Crippen LogP contribution in [0.15, 0.2) is 12.3 Å². The molecule has 0 bridgehead atoms. The molecule has 6 heteroatoms. The third-order valence-corrected chi connectivity index (χ3v) is 2.57. The minimum atomic E-state index is -0.953. The van der Waals surface area contributed by atoms with Gasteiger partial charge in [-0.3, -0.25) is 0 Å². The van der Waals surface area contributed by atoms with E-state index in [0.29, 0.717) is 12.0 Å². The van der Waals surface area contributed by atoms with Crippen molar-refractivity contribution in [2.45, 2.75) is 26.3 Å². The quantitative estimate of drug-likeness (QED) is 0.856. The fourth-order valence-electron chi connectivity index (χ4n) is 1.46. The number of aromatic nitrogens is 1. The molecule has 0 aromatic carbocycles. The molecule has 0 aliphatic carbocycles. The van der Waals surface area contributed by atoms with Crippen LogP contribution in [0.1, 0.15) is 25.8 Å². The second kappa shape index (κ2) is 6.22. The summed E-state index contributed by atoms with van der Waals surface area (Å²) in [6.45, 7) is 3.87. The van der Waals surface area contributed by atoms with Crippen LogP contribution in [-0.4, -0.2) is 22.1 Å². The summed E-state index contributed by atoms with van der Waals surface area (Å²) in [5, 5.41) is 20.8. The van der Waals surface area contributed by atoms with Crippen molar-refractivity contribution in [3.8, 4) is 6.07 Å². The maximum atomic E-state index is 11.1. The normalized spacial score (nSPS) is 11.9. The van der Waals surface area contributed by atoms with Crippen LogP contribution in [0.5, 0.6) is 0 Å². The highest BCUT2D eigenvalue weighted by Crippen LogP contribution is 2.21. The van der Waals surface area contributed by atoms with Gasteiger partial charge in [-0.15, -0.1) is 0 Å². The predicted molar refractivity (Wildman–Crippen MR) is 68.5 cm³/mol. The molecule has 0 amide bonds. The summed E-state index contributed by atoms with van der Waals surface area (Å²) in [6, 6.07) is 2.61. The van der Waals surface area contributed by atoms with Gasteiger partial charge in [-0.1, -0.05) is 25.4 Å². The Labute approximate surface area is 110 Å². The van der Waals surface area contributed by atoms with Gasteiger partial charge in [-0.2, -0.15) is 5.26 Å². The number of anilines is 1. The number of carboxylic acid groups (broad SMARTS) is 1. The number of carboxylic acids is 1. The van der Waals surface area contributed by atoms with Crippen LogP contribution >= 0.6 is 11.6 Å². The summed E-state index contributed by atoms with van der Waals surface area (Å²) < 4.78 is 0. The average molecular weight is 268 g/mol. The second-order valence-electron chi connectivity index (χ2n) is 4.33. The Morgan fingerprint density at radius 2 is 2.33 bits per heavy atom. The molecule has 5 nitrogen and oxygen atoms in total. The summed E-state index contributed by atoms with van der Waals surface area (Å²) in [4.78, 5) is 15.0. The number of carbonyl (C=O) groups is 1.